The molecule has 0 radical (unpaired) electrons. The zero-order chi connectivity index (χ0) is 14.4. The van der Waals surface area contributed by atoms with Gasteiger partial charge in [0.1, 0.15) is 0 Å². The first-order valence-electron chi connectivity index (χ1n) is 6.50. The van der Waals surface area contributed by atoms with E-state index in [2.05, 4.69) is 45.0 Å². The first-order valence-corrected chi connectivity index (χ1v) is 6.50. The average Bonchev–Trinajstić information content (AvgIpc) is 3.00. The van der Waals surface area contributed by atoms with Crippen LogP contribution in [0.4, 0.5) is 0 Å². The molecule has 2 rings (SSSR count). The summed E-state index contributed by atoms with van der Waals surface area (Å²) in [4.78, 5) is 11.8. The number of hydrogen-bond acceptors (Lipinski definition) is 4. The summed E-state index contributed by atoms with van der Waals surface area (Å²) in [5.74, 6) is 0.265. The molecular formula is C14H17N5O. The molecular weight excluding hydrogens is 254 g/mol. The molecule has 0 aliphatic heterocycles. The van der Waals surface area contributed by atoms with Crippen molar-refractivity contribution in [3.05, 3.63) is 47.3 Å². The van der Waals surface area contributed by atoms with E-state index in [0.717, 1.165) is 12.0 Å². The second kappa shape index (κ2) is 6.60. The van der Waals surface area contributed by atoms with Gasteiger partial charge in [0.2, 0.25) is 5.91 Å². The lowest BCUT2D eigenvalue weighted by Crippen LogP contribution is -2.25. The van der Waals surface area contributed by atoms with Crippen molar-refractivity contribution in [2.45, 2.75) is 26.3 Å². The number of carbonyl (C=O) groups is 1. The Morgan fingerprint density at radius 2 is 2.15 bits per heavy atom. The number of aromatic amines is 1. The van der Waals surface area contributed by atoms with E-state index in [0.29, 0.717) is 5.82 Å². The van der Waals surface area contributed by atoms with E-state index >= 15 is 0 Å². The number of carbonyl (C=O) groups excluding carboxylic acids is 1. The fourth-order valence-corrected chi connectivity index (χ4v) is 1.72. The van der Waals surface area contributed by atoms with Gasteiger partial charge in [-0.2, -0.15) is 5.21 Å². The summed E-state index contributed by atoms with van der Waals surface area (Å²) < 4.78 is 0. The molecule has 0 saturated heterocycles. The van der Waals surface area contributed by atoms with Crippen LogP contribution in [0.5, 0.6) is 0 Å². The predicted octanol–water partition coefficient (Wildman–Crippen LogP) is 1.65. The molecule has 1 unspecified atom stereocenters. The van der Waals surface area contributed by atoms with Gasteiger partial charge in [-0.1, -0.05) is 36.4 Å². The van der Waals surface area contributed by atoms with Crippen LogP contribution in [-0.4, -0.2) is 26.5 Å². The summed E-state index contributed by atoms with van der Waals surface area (Å²) in [5, 5.41) is 16.2. The molecule has 1 amide bonds. The van der Waals surface area contributed by atoms with Crippen LogP contribution in [0.3, 0.4) is 0 Å². The molecule has 2 N–H and O–H groups in total. The molecule has 1 aromatic carbocycles. The van der Waals surface area contributed by atoms with Crippen molar-refractivity contribution in [2.24, 2.45) is 0 Å². The highest BCUT2D eigenvalue weighted by Crippen LogP contribution is 2.07. The van der Waals surface area contributed by atoms with Gasteiger partial charge in [0.15, 0.2) is 5.82 Å². The third-order valence-corrected chi connectivity index (χ3v) is 2.92. The maximum atomic E-state index is 11.8. The van der Waals surface area contributed by atoms with Crippen molar-refractivity contribution in [1.82, 2.24) is 25.9 Å². The van der Waals surface area contributed by atoms with Crippen LogP contribution in [0, 0.1) is 0 Å². The number of H-pyrrole nitrogens is 1. The molecule has 1 heterocycles. The summed E-state index contributed by atoms with van der Waals surface area (Å²) in [7, 11) is 0. The minimum Gasteiger partial charge on any atom is -0.343 e. The van der Waals surface area contributed by atoms with E-state index in [4.69, 9.17) is 0 Å². The molecule has 1 atom stereocenters. The first kappa shape index (κ1) is 13.9. The van der Waals surface area contributed by atoms with Gasteiger partial charge in [-0.15, -0.1) is 10.2 Å². The SMILES string of the molecule is CCc1ccc(C=CC(=O)NC(C)c2nn[nH]n2)cc1. The van der Waals surface area contributed by atoms with Gasteiger partial charge in [0, 0.05) is 6.08 Å². The minimum absolute atomic E-state index is 0.193. The fraction of sp³-hybridized carbons (Fsp3) is 0.286. The Bertz CT molecular complexity index is 574. The van der Waals surface area contributed by atoms with Gasteiger partial charge >= 0.3 is 0 Å². The van der Waals surface area contributed by atoms with E-state index in [9.17, 15) is 4.79 Å². The number of benzene rings is 1. The van der Waals surface area contributed by atoms with Crippen LogP contribution in [0.2, 0.25) is 0 Å². The lowest BCUT2D eigenvalue weighted by molar-refractivity contribution is -0.117. The molecule has 0 aliphatic carbocycles. The molecule has 0 fully saturated rings. The van der Waals surface area contributed by atoms with Crippen molar-refractivity contribution >= 4 is 12.0 Å². The van der Waals surface area contributed by atoms with Crippen molar-refractivity contribution in [1.29, 1.82) is 0 Å². The number of tetrazole rings is 1. The first-order chi connectivity index (χ1) is 9.69. The van der Waals surface area contributed by atoms with Gasteiger partial charge in [-0.3, -0.25) is 4.79 Å². The molecule has 0 bridgehead atoms. The van der Waals surface area contributed by atoms with Crippen LogP contribution in [-0.2, 0) is 11.2 Å². The summed E-state index contributed by atoms with van der Waals surface area (Å²) in [6, 6.07) is 7.81. The number of hydrogen-bond donors (Lipinski definition) is 2. The van der Waals surface area contributed by atoms with Crippen molar-refractivity contribution in [3.63, 3.8) is 0 Å². The zero-order valence-corrected chi connectivity index (χ0v) is 11.5. The largest absolute Gasteiger partial charge is 0.343 e. The van der Waals surface area contributed by atoms with Crippen molar-refractivity contribution in [2.75, 3.05) is 0 Å². The van der Waals surface area contributed by atoms with E-state index in [1.54, 1.807) is 13.0 Å². The number of aryl methyl sites for hydroxylation is 1. The topological polar surface area (TPSA) is 83.6 Å². The van der Waals surface area contributed by atoms with Crippen molar-refractivity contribution < 1.29 is 4.79 Å². The van der Waals surface area contributed by atoms with Gasteiger partial charge in [0.25, 0.3) is 0 Å². The smallest absolute Gasteiger partial charge is 0.244 e. The number of rotatable bonds is 5. The number of aromatic nitrogens is 4. The third kappa shape index (κ3) is 3.74. The highest BCUT2D eigenvalue weighted by atomic mass is 16.1. The molecule has 0 aliphatic rings. The maximum absolute atomic E-state index is 11.8. The standard InChI is InChI=1S/C14H17N5O/c1-3-11-4-6-12(7-5-11)8-9-13(20)15-10(2)14-16-18-19-17-14/h4-10H,3H2,1-2H3,(H,15,20)(H,16,17,18,19). The molecule has 0 saturated carbocycles. The Balaban J connectivity index is 1.91. The van der Waals surface area contributed by atoms with Crippen LogP contribution in [0.15, 0.2) is 30.3 Å². The Morgan fingerprint density at radius 3 is 2.75 bits per heavy atom. The summed E-state index contributed by atoms with van der Waals surface area (Å²) in [5.41, 5.74) is 2.27. The van der Waals surface area contributed by atoms with E-state index < -0.39 is 0 Å². The zero-order valence-electron chi connectivity index (χ0n) is 11.5. The average molecular weight is 271 g/mol. The second-order valence-electron chi connectivity index (χ2n) is 4.43. The van der Waals surface area contributed by atoms with Crippen LogP contribution in [0.1, 0.15) is 36.8 Å². The Morgan fingerprint density at radius 1 is 1.40 bits per heavy atom. The second-order valence-corrected chi connectivity index (χ2v) is 4.43. The van der Waals surface area contributed by atoms with E-state index in [1.807, 2.05) is 12.1 Å². The molecule has 104 valence electrons. The normalized spacial score (nSPS) is 12.5. The lowest BCUT2D eigenvalue weighted by atomic mass is 10.1. The molecule has 6 heteroatoms. The van der Waals surface area contributed by atoms with E-state index in [1.165, 1.54) is 11.6 Å². The number of nitrogens with zero attached hydrogens (tertiary/aromatic N) is 3. The Labute approximate surface area is 117 Å². The molecule has 0 spiro atoms. The van der Waals surface area contributed by atoms with Crippen molar-refractivity contribution in [3.8, 4) is 0 Å². The highest BCUT2D eigenvalue weighted by Gasteiger charge is 2.11. The third-order valence-electron chi connectivity index (χ3n) is 2.92. The summed E-state index contributed by atoms with van der Waals surface area (Å²) in [6.45, 7) is 3.91. The Hall–Kier alpha value is -2.50. The number of amides is 1. The molecule has 20 heavy (non-hydrogen) atoms. The quantitative estimate of drug-likeness (QED) is 0.810. The Kier molecular flexibility index (Phi) is 4.60. The number of nitrogens with one attached hydrogen (secondary N) is 2. The van der Waals surface area contributed by atoms with Gasteiger partial charge < -0.3 is 5.32 Å². The van der Waals surface area contributed by atoms with Gasteiger partial charge in [0.05, 0.1) is 6.04 Å². The maximum Gasteiger partial charge on any atom is 0.244 e. The van der Waals surface area contributed by atoms with Gasteiger partial charge in [-0.25, -0.2) is 0 Å². The lowest BCUT2D eigenvalue weighted by Gasteiger charge is -2.06. The highest BCUT2D eigenvalue weighted by molar-refractivity contribution is 5.91. The predicted molar refractivity (Wildman–Crippen MR) is 75.6 cm³/mol. The van der Waals surface area contributed by atoms with Crippen LogP contribution in [0.25, 0.3) is 6.08 Å². The van der Waals surface area contributed by atoms with Gasteiger partial charge in [-0.05, 0) is 30.5 Å². The summed E-state index contributed by atoms with van der Waals surface area (Å²) in [6.07, 6.45) is 4.28. The van der Waals surface area contributed by atoms with E-state index in [-0.39, 0.29) is 11.9 Å². The molecule has 2 aromatic rings. The fourth-order valence-electron chi connectivity index (χ4n) is 1.72. The molecule has 1 aromatic heterocycles. The van der Waals surface area contributed by atoms with Crippen LogP contribution >= 0.6 is 0 Å². The molecule has 6 nitrogen and oxygen atoms in total. The summed E-state index contributed by atoms with van der Waals surface area (Å²) >= 11 is 0. The van der Waals surface area contributed by atoms with Crippen LogP contribution < -0.4 is 5.32 Å². The monoisotopic (exact) mass is 271 g/mol. The minimum atomic E-state index is -0.284.